The monoisotopic (exact) mass is 193 g/mol. The molecule has 14 heavy (non-hydrogen) atoms. The van der Waals surface area contributed by atoms with Gasteiger partial charge in [0.15, 0.2) is 0 Å². The molecule has 1 aliphatic heterocycles. The number of nitrogens with two attached hydrogens (primary N) is 1. The van der Waals surface area contributed by atoms with E-state index in [1.54, 1.807) is 19.1 Å². The van der Waals surface area contributed by atoms with Crippen LogP contribution in [-0.2, 0) is 0 Å². The van der Waals surface area contributed by atoms with Crippen LogP contribution in [0.3, 0.4) is 0 Å². The van der Waals surface area contributed by atoms with Crippen LogP contribution in [0.15, 0.2) is 12.1 Å². The van der Waals surface area contributed by atoms with Crippen molar-refractivity contribution in [2.24, 2.45) is 5.73 Å². The second-order valence-corrected chi connectivity index (χ2v) is 3.38. The van der Waals surface area contributed by atoms with E-state index in [0.29, 0.717) is 17.9 Å². The van der Waals surface area contributed by atoms with Gasteiger partial charge in [-0.3, -0.25) is 0 Å². The third-order valence-electron chi connectivity index (χ3n) is 2.47. The minimum absolute atomic E-state index is 0.133. The molecule has 0 radical (unpaired) electrons. The molecule has 0 spiro atoms. The number of benzene rings is 1. The molecule has 0 unspecified atom stereocenters. The average Bonchev–Trinajstić information content (AvgIpc) is 2.49. The summed E-state index contributed by atoms with van der Waals surface area (Å²) in [7, 11) is 0. The quantitative estimate of drug-likeness (QED) is 0.700. The van der Waals surface area contributed by atoms with Crippen molar-refractivity contribution in [3.05, 3.63) is 28.8 Å². The van der Waals surface area contributed by atoms with Crippen LogP contribution in [0.1, 0.15) is 27.5 Å². The van der Waals surface area contributed by atoms with Crippen molar-refractivity contribution in [3.63, 3.8) is 0 Å². The van der Waals surface area contributed by atoms with Crippen LogP contribution in [-0.4, -0.2) is 17.7 Å². The lowest BCUT2D eigenvalue weighted by atomic mass is 10.0. The second kappa shape index (κ2) is 2.99. The first kappa shape index (κ1) is 9.02. The predicted octanol–water partition coefficient (Wildman–Crippen LogP) is 1.09. The highest BCUT2D eigenvalue weighted by Gasteiger charge is 2.24. The van der Waals surface area contributed by atoms with Gasteiger partial charge in [-0.25, -0.2) is 4.79 Å². The van der Waals surface area contributed by atoms with Crippen LogP contribution in [0.25, 0.3) is 0 Å². The minimum atomic E-state index is -0.936. The van der Waals surface area contributed by atoms with Crippen molar-refractivity contribution in [3.8, 4) is 5.75 Å². The fourth-order valence-electron chi connectivity index (χ4n) is 1.69. The normalized spacial score (nSPS) is 18.9. The van der Waals surface area contributed by atoms with Gasteiger partial charge < -0.3 is 15.6 Å². The molecule has 3 N–H and O–H groups in total. The van der Waals surface area contributed by atoms with Gasteiger partial charge in [-0.2, -0.15) is 0 Å². The number of rotatable bonds is 1. The molecule has 1 aliphatic rings. The molecule has 1 atom stereocenters. The third-order valence-corrected chi connectivity index (χ3v) is 2.47. The van der Waals surface area contributed by atoms with Crippen molar-refractivity contribution in [1.29, 1.82) is 0 Å². The molecule has 0 amide bonds. The Morgan fingerprint density at radius 3 is 3.00 bits per heavy atom. The topological polar surface area (TPSA) is 72.5 Å². The molecule has 1 aromatic rings. The fraction of sp³-hybridized carbons (Fsp3) is 0.300. The lowest BCUT2D eigenvalue weighted by Gasteiger charge is -2.06. The highest BCUT2D eigenvalue weighted by molar-refractivity contribution is 5.90. The van der Waals surface area contributed by atoms with E-state index < -0.39 is 5.97 Å². The summed E-state index contributed by atoms with van der Waals surface area (Å²) in [5, 5.41) is 8.88. The number of hydrogen-bond donors (Lipinski definition) is 2. The second-order valence-electron chi connectivity index (χ2n) is 3.38. The molecular weight excluding hydrogens is 182 g/mol. The summed E-state index contributed by atoms with van der Waals surface area (Å²) in [5.41, 5.74) is 7.60. The van der Waals surface area contributed by atoms with Gasteiger partial charge >= 0.3 is 5.97 Å². The van der Waals surface area contributed by atoms with E-state index in [1.165, 1.54) is 0 Å². The maximum absolute atomic E-state index is 10.8. The van der Waals surface area contributed by atoms with Gasteiger partial charge in [0.1, 0.15) is 12.4 Å². The molecule has 74 valence electrons. The molecule has 0 fully saturated rings. The van der Waals surface area contributed by atoms with E-state index in [1.807, 2.05) is 0 Å². The highest BCUT2D eigenvalue weighted by atomic mass is 16.5. The molecule has 0 aromatic heterocycles. The fourth-order valence-corrected chi connectivity index (χ4v) is 1.69. The highest BCUT2D eigenvalue weighted by Crippen LogP contribution is 2.35. The van der Waals surface area contributed by atoms with Gasteiger partial charge in [-0.1, -0.05) is 6.07 Å². The van der Waals surface area contributed by atoms with Gasteiger partial charge in [-0.15, -0.1) is 0 Å². The Bertz CT molecular complexity index is 401. The smallest absolute Gasteiger partial charge is 0.336 e. The maximum Gasteiger partial charge on any atom is 0.336 e. The molecule has 0 bridgehead atoms. The van der Waals surface area contributed by atoms with Crippen LogP contribution in [0.5, 0.6) is 5.75 Å². The molecule has 2 rings (SSSR count). The summed E-state index contributed by atoms with van der Waals surface area (Å²) in [6, 6.07) is 3.17. The molecule has 0 saturated heterocycles. The van der Waals surface area contributed by atoms with E-state index in [4.69, 9.17) is 15.6 Å². The van der Waals surface area contributed by atoms with E-state index in [2.05, 4.69) is 0 Å². The third kappa shape index (κ3) is 1.15. The zero-order chi connectivity index (χ0) is 10.3. The number of aromatic carboxylic acids is 1. The molecule has 1 heterocycles. The van der Waals surface area contributed by atoms with Gasteiger partial charge in [0, 0.05) is 11.1 Å². The van der Waals surface area contributed by atoms with Crippen molar-refractivity contribution in [1.82, 2.24) is 0 Å². The van der Waals surface area contributed by atoms with Crippen LogP contribution in [0.4, 0.5) is 0 Å². The Kier molecular flexibility index (Phi) is 1.93. The van der Waals surface area contributed by atoms with Crippen molar-refractivity contribution in [2.45, 2.75) is 13.0 Å². The Morgan fingerprint density at radius 1 is 1.64 bits per heavy atom. The molecular formula is C10H11NO3. The van der Waals surface area contributed by atoms with Crippen LogP contribution in [0, 0.1) is 6.92 Å². The van der Waals surface area contributed by atoms with Crippen molar-refractivity contribution >= 4 is 5.97 Å². The van der Waals surface area contributed by atoms with E-state index in [9.17, 15) is 4.79 Å². The SMILES string of the molecule is Cc1c(C(=O)O)ccc2c1OC[C@H]2N. The first-order chi connectivity index (χ1) is 6.61. The summed E-state index contributed by atoms with van der Waals surface area (Å²) in [4.78, 5) is 10.8. The van der Waals surface area contributed by atoms with Gasteiger partial charge in [0.05, 0.1) is 11.6 Å². The number of fused-ring (bicyclic) bond motifs is 1. The minimum Gasteiger partial charge on any atom is -0.491 e. The molecule has 4 heteroatoms. The number of carboxylic acids is 1. The summed E-state index contributed by atoms with van der Waals surface area (Å²) >= 11 is 0. The lowest BCUT2D eigenvalue weighted by Crippen LogP contribution is -2.10. The first-order valence-corrected chi connectivity index (χ1v) is 4.36. The Labute approximate surface area is 81.3 Å². The largest absolute Gasteiger partial charge is 0.491 e. The average molecular weight is 193 g/mol. The number of carbonyl (C=O) groups is 1. The number of hydrogen-bond acceptors (Lipinski definition) is 3. The summed E-state index contributed by atoms with van der Waals surface area (Å²) in [5.74, 6) is -0.299. The Hall–Kier alpha value is -1.55. The summed E-state index contributed by atoms with van der Waals surface area (Å²) in [6.07, 6.45) is 0. The number of ether oxygens (including phenoxy) is 1. The predicted molar refractivity (Wildman–Crippen MR) is 50.6 cm³/mol. The summed E-state index contributed by atoms with van der Waals surface area (Å²) in [6.45, 7) is 2.17. The van der Waals surface area contributed by atoms with E-state index in [-0.39, 0.29) is 11.6 Å². The van der Waals surface area contributed by atoms with E-state index in [0.717, 1.165) is 5.56 Å². The van der Waals surface area contributed by atoms with E-state index >= 15 is 0 Å². The summed E-state index contributed by atoms with van der Waals surface area (Å²) < 4.78 is 5.34. The van der Waals surface area contributed by atoms with Crippen LogP contribution >= 0.6 is 0 Å². The zero-order valence-electron chi connectivity index (χ0n) is 7.78. The van der Waals surface area contributed by atoms with Gasteiger partial charge in [-0.05, 0) is 13.0 Å². The Balaban J connectivity index is 2.58. The maximum atomic E-state index is 10.8. The molecule has 4 nitrogen and oxygen atoms in total. The Morgan fingerprint density at radius 2 is 2.36 bits per heavy atom. The van der Waals surface area contributed by atoms with Crippen LogP contribution < -0.4 is 10.5 Å². The number of carboxylic acid groups (broad SMARTS) is 1. The van der Waals surface area contributed by atoms with Crippen molar-refractivity contribution in [2.75, 3.05) is 6.61 Å². The van der Waals surface area contributed by atoms with Gasteiger partial charge in [0.25, 0.3) is 0 Å². The molecule has 1 aromatic carbocycles. The van der Waals surface area contributed by atoms with Crippen LogP contribution in [0.2, 0.25) is 0 Å². The molecule has 0 aliphatic carbocycles. The standard InChI is InChI=1S/C10H11NO3/c1-5-6(10(12)13)2-3-7-8(11)4-14-9(5)7/h2-3,8H,4,11H2,1H3,(H,12,13)/t8-/m1/s1. The first-order valence-electron chi connectivity index (χ1n) is 4.36. The zero-order valence-corrected chi connectivity index (χ0v) is 7.78. The van der Waals surface area contributed by atoms with Crippen molar-refractivity contribution < 1.29 is 14.6 Å². The lowest BCUT2D eigenvalue weighted by molar-refractivity contribution is 0.0695. The van der Waals surface area contributed by atoms with Gasteiger partial charge in [0.2, 0.25) is 0 Å². The molecule has 0 saturated carbocycles.